The predicted octanol–water partition coefficient (Wildman–Crippen LogP) is 4.16. The van der Waals surface area contributed by atoms with E-state index in [0.717, 1.165) is 12.8 Å². The van der Waals surface area contributed by atoms with Gasteiger partial charge in [0, 0.05) is 34.2 Å². The number of nitrogens with one attached hydrogen (secondary N) is 3. The molecule has 0 bridgehead atoms. The van der Waals surface area contributed by atoms with Crippen molar-refractivity contribution < 1.29 is 42.2 Å². The number of carboxylic acid groups (broad SMARTS) is 1. The Balaban J connectivity index is 1.35. The highest BCUT2D eigenvalue weighted by Crippen LogP contribution is 2.46. The number of allylic oxidation sites excluding steroid dienone is 1. The number of amides is 4. The number of pyridine rings is 1. The highest BCUT2D eigenvalue weighted by atomic mass is 35.5. The van der Waals surface area contributed by atoms with Crippen LogP contribution in [-0.2, 0) is 24.4 Å². The maximum absolute atomic E-state index is 14.4. The van der Waals surface area contributed by atoms with Gasteiger partial charge in [-0.15, -0.1) is 0 Å². The zero-order valence-electron chi connectivity index (χ0n) is 29.5. The molecule has 282 valence electrons. The molecule has 2 aromatic rings. The molecule has 4 N–H and O–H groups in total. The van der Waals surface area contributed by atoms with Crippen LogP contribution in [0.4, 0.5) is 4.79 Å². The normalized spacial score (nSPS) is 30.2. The topological polar surface area (TPSA) is 193 Å². The molecule has 2 saturated carbocycles. The number of aromatic nitrogens is 1. The van der Waals surface area contributed by atoms with Crippen LogP contribution < -0.4 is 24.8 Å². The average Bonchev–Trinajstić information content (AvgIpc) is 4.01. The second kappa shape index (κ2) is 15.1. The molecule has 2 aliphatic heterocycles. The van der Waals surface area contributed by atoms with Crippen molar-refractivity contribution in [2.75, 3.05) is 13.2 Å². The molecule has 0 radical (unpaired) electrons. The monoisotopic (exact) mass is 759 g/mol. The summed E-state index contributed by atoms with van der Waals surface area (Å²) >= 11 is 6.54. The van der Waals surface area contributed by atoms with Gasteiger partial charge in [-0.1, -0.05) is 50.6 Å². The van der Waals surface area contributed by atoms with E-state index in [9.17, 15) is 32.7 Å². The summed E-state index contributed by atoms with van der Waals surface area (Å²) in [7, 11) is -3.91. The van der Waals surface area contributed by atoms with E-state index >= 15 is 0 Å². The molecule has 1 saturated heterocycles. The predicted molar refractivity (Wildman–Crippen MR) is 192 cm³/mol. The third-order valence-corrected chi connectivity index (χ3v) is 12.5. The standard InChI is InChI=1S/C36H46ClN5O9S/c1-4-14-50-29-17-26-25(10-7-11-27(26)37)32(38-29)51-23-16-28-31(43)40-36(34(45)41-52(48,49)24-12-13-24)18-22(36)9-6-5-8-20(2)15-21(3)30(39-35(46)47)33(44)42(28)19-23/h6-7,9-11,17,20-24,28,30,39H,4-5,8,12-16,18-19H2,1-3H3,(H,40,43)(H,41,45)(H,46,47)/b9-6-/t20-,21-,22-,23-,28+,30+,36-/m1/s1. The molecule has 14 nitrogen and oxygen atoms in total. The Morgan fingerprint density at radius 2 is 1.92 bits per heavy atom. The molecule has 3 fully saturated rings. The molecule has 6 rings (SSSR count). The second-order valence-electron chi connectivity index (χ2n) is 14.6. The number of benzene rings is 1. The van der Waals surface area contributed by atoms with Gasteiger partial charge in [-0.3, -0.25) is 19.1 Å². The maximum Gasteiger partial charge on any atom is 0.405 e. The summed E-state index contributed by atoms with van der Waals surface area (Å²) in [5.41, 5.74) is -1.54. The van der Waals surface area contributed by atoms with Crippen molar-refractivity contribution in [1.29, 1.82) is 0 Å². The van der Waals surface area contributed by atoms with Crippen LogP contribution in [0.5, 0.6) is 11.8 Å². The van der Waals surface area contributed by atoms with Crippen LogP contribution in [0.1, 0.15) is 72.1 Å². The molecule has 52 heavy (non-hydrogen) atoms. The first-order valence-corrected chi connectivity index (χ1v) is 19.9. The number of rotatable bonds is 9. The van der Waals surface area contributed by atoms with Gasteiger partial charge < -0.3 is 30.1 Å². The van der Waals surface area contributed by atoms with Crippen LogP contribution in [-0.4, -0.2) is 89.4 Å². The zero-order valence-corrected chi connectivity index (χ0v) is 31.0. The Morgan fingerprint density at radius 3 is 2.63 bits per heavy atom. The van der Waals surface area contributed by atoms with E-state index in [0.29, 0.717) is 48.1 Å². The first-order valence-electron chi connectivity index (χ1n) is 18.0. The van der Waals surface area contributed by atoms with E-state index < -0.39 is 74.7 Å². The smallest absolute Gasteiger partial charge is 0.405 e. The van der Waals surface area contributed by atoms with Crippen LogP contribution in [0.3, 0.4) is 0 Å². The van der Waals surface area contributed by atoms with E-state index in [1.165, 1.54) is 4.90 Å². The van der Waals surface area contributed by atoms with Crippen LogP contribution in [0.2, 0.25) is 5.02 Å². The Bertz CT molecular complexity index is 1870. The van der Waals surface area contributed by atoms with Crippen LogP contribution in [0, 0.1) is 17.8 Å². The Kier molecular flexibility index (Phi) is 10.9. The van der Waals surface area contributed by atoms with Gasteiger partial charge in [0.15, 0.2) is 0 Å². The van der Waals surface area contributed by atoms with Gasteiger partial charge in [-0.25, -0.2) is 13.2 Å². The third kappa shape index (κ3) is 8.09. The number of halogens is 1. The Labute approximate surface area is 308 Å². The summed E-state index contributed by atoms with van der Waals surface area (Å²) in [5, 5.41) is 16.0. The lowest BCUT2D eigenvalue weighted by Crippen LogP contribution is -2.59. The fraction of sp³-hybridized carbons (Fsp3) is 0.583. The molecule has 2 aliphatic carbocycles. The van der Waals surface area contributed by atoms with Gasteiger partial charge in [-0.05, 0) is 68.9 Å². The molecule has 0 unspecified atom stereocenters. The van der Waals surface area contributed by atoms with Gasteiger partial charge in [-0.2, -0.15) is 4.98 Å². The van der Waals surface area contributed by atoms with Gasteiger partial charge in [0.1, 0.15) is 23.7 Å². The molecule has 4 aliphatic rings. The zero-order chi connectivity index (χ0) is 37.4. The summed E-state index contributed by atoms with van der Waals surface area (Å²) in [6.07, 6.45) is 5.32. The molecule has 16 heteroatoms. The minimum absolute atomic E-state index is 0.0233. The molecule has 1 aromatic heterocycles. The van der Waals surface area contributed by atoms with E-state index in [1.807, 2.05) is 26.0 Å². The van der Waals surface area contributed by atoms with Crippen molar-refractivity contribution in [2.45, 2.75) is 101 Å². The van der Waals surface area contributed by atoms with Crippen LogP contribution in [0.25, 0.3) is 10.8 Å². The molecule has 1 aromatic carbocycles. The lowest BCUT2D eigenvalue weighted by Gasteiger charge is -2.32. The molecular weight excluding hydrogens is 714 g/mol. The Hall–Kier alpha value is -4.11. The minimum Gasteiger partial charge on any atom is -0.478 e. The second-order valence-corrected chi connectivity index (χ2v) is 17.0. The number of hydrogen-bond donors (Lipinski definition) is 4. The van der Waals surface area contributed by atoms with E-state index in [-0.39, 0.29) is 37.1 Å². The van der Waals surface area contributed by atoms with Crippen LogP contribution >= 0.6 is 11.6 Å². The number of carbonyl (C=O) groups excluding carboxylic acids is 3. The Morgan fingerprint density at radius 1 is 1.15 bits per heavy atom. The van der Waals surface area contributed by atoms with E-state index in [4.69, 9.17) is 21.1 Å². The van der Waals surface area contributed by atoms with Crippen LogP contribution in [0.15, 0.2) is 36.4 Å². The van der Waals surface area contributed by atoms with Gasteiger partial charge in [0.25, 0.3) is 5.91 Å². The first-order chi connectivity index (χ1) is 24.7. The first kappa shape index (κ1) is 37.6. The molecule has 0 spiro atoms. The average molecular weight is 760 g/mol. The highest BCUT2D eigenvalue weighted by Gasteiger charge is 2.62. The number of hydrogen-bond acceptors (Lipinski definition) is 9. The number of ether oxygens (including phenoxy) is 2. The number of fused-ring (bicyclic) bond motifs is 3. The molecule has 4 amide bonds. The summed E-state index contributed by atoms with van der Waals surface area (Å²) < 4.78 is 40.1. The van der Waals surface area contributed by atoms with Crippen molar-refractivity contribution >= 4 is 56.2 Å². The minimum atomic E-state index is -3.91. The van der Waals surface area contributed by atoms with E-state index in [1.54, 1.807) is 31.2 Å². The number of sulfonamides is 1. The van der Waals surface area contributed by atoms with Crippen molar-refractivity contribution in [3.8, 4) is 11.8 Å². The van der Waals surface area contributed by atoms with Gasteiger partial charge in [0.05, 0.1) is 18.4 Å². The van der Waals surface area contributed by atoms with Crippen molar-refractivity contribution in [3.05, 3.63) is 41.4 Å². The summed E-state index contributed by atoms with van der Waals surface area (Å²) in [5.74, 6) is -2.41. The lowest BCUT2D eigenvalue weighted by atomic mass is 9.88. The molecular formula is C36H46ClN5O9S. The lowest BCUT2D eigenvalue weighted by molar-refractivity contribution is -0.142. The van der Waals surface area contributed by atoms with E-state index in [2.05, 4.69) is 20.3 Å². The fourth-order valence-electron chi connectivity index (χ4n) is 7.35. The quantitative estimate of drug-likeness (QED) is 0.270. The van der Waals surface area contributed by atoms with Gasteiger partial charge >= 0.3 is 6.09 Å². The largest absolute Gasteiger partial charge is 0.478 e. The fourth-order valence-corrected chi connectivity index (χ4v) is 8.94. The highest BCUT2D eigenvalue weighted by molar-refractivity contribution is 7.91. The molecule has 3 heterocycles. The summed E-state index contributed by atoms with van der Waals surface area (Å²) in [6.45, 7) is 6.09. The van der Waals surface area contributed by atoms with Crippen molar-refractivity contribution in [3.63, 3.8) is 0 Å². The SMILES string of the molecule is CCCOc1cc2c(Cl)cccc2c(O[C@@H]2C[C@H]3C(=O)N[C@]4(C(=O)NS(=O)(=O)C5CC5)C[C@H]4/C=C\CC[C@@H](C)C[C@@H](C)[C@H](NC(=O)O)C(=O)N3C2)n1. The van der Waals surface area contributed by atoms with Crippen molar-refractivity contribution in [2.24, 2.45) is 17.8 Å². The van der Waals surface area contributed by atoms with Gasteiger partial charge in [0.2, 0.25) is 33.6 Å². The third-order valence-electron chi connectivity index (χ3n) is 10.4. The molecule has 7 atom stereocenters. The summed E-state index contributed by atoms with van der Waals surface area (Å²) in [4.78, 5) is 60.3. The van der Waals surface area contributed by atoms with Crippen molar-refractivity contribution in [1.82, 2.24) is 25.2 Å². The number of carbonyl (C=O) groups is 4. The number of nitrogens with zero attached hydrogens (tertiary/aromatic N) is 2. The summed E-state index contributed by atoms with van der Waals surface area (Å²) in [6, 6.07) is 4.62. The maximum atomic E-state index is 14.4.